The summed E-state index contributed by atoms with van der Waals surface area (Å²) < 4.78 is 0. The van der Waals surface area contributed by atoms with Crippen molar-refractivity contribution >= 4 is 34.0 Å². The molecule has 0 bridgehead atoms. The summed E-state index contributed by atoms with van der Waals surface area (Å²) in [5.74, 6) is 0. The van der Waals surface area contributed by atoms with Gasteiger partial charge >= 0.3 is 0 Å². The third-order valence-corrected chi connectivity index (χ3v) is 13.1. The zero-order valence-electron chi connectivity index (χ0n) is 32.8. The van der Waals surface area contributed by atoms with Gasteiger partial charge in [0, 0.05) is 43.1 Å². The molecule has 0 aliphatic rings. The van der Waals surface area contributed by atoms with Gasteiger partial charge in [-0.3, -0.25) is 0 Å². The monoisotopic (exact) mass is 804 g/mol. The van der Waals surface area contributed by atoms with Crippen molar-refractivity contribution in [1.29, 1.82) is 0 Å². The van der Waals surface area contributed by atoms with Crippen molar-refractivity contribution in [3.05, 3.63) is 217 Å². The van der Waals surface area contributed by atoms with Crippen LogP contribution in [0.15, 0.2) is 217 Å². The van der Waals surface area contributed by atoms with E-state index in [2.05, 4.69) is 217 Å². The summed E-state index contributed by atoms with van der Waals surface area (Å²) in [7, 11) is 0. The van der Waals surface area contributed by atoms with Crippen molar-refractivity contribution in [3.63, 3.8) is 0 Å². The molecule has 0 saturated carbocycles. The largest absolute Gasteiger partial charge is 0.397 e. The molecule has 4 N–H and O–H groups in total. The van der Waals surface area contributed by atoms with E-state index in [-0.39, 0.29) is 0 Å². The van der Waals surface area contributed by atoms with Gasteiger partial charge in [-0.2, -0.15) is 0 Å². The van der Waals surface area contributed by atoms with E-state index in [4.69, 9.17) is 11.5 Å². The molecule has 0 amide bonds. The number of anilines is 2. The van der Waals surface area contributed by atoms with E-state index in [1.807, 2.05) is 0 Å². The Bertz CT molecular complexity index is 3070. The zero-order valence-corrected chi connectivity index (χ0v) is 34.4. The first-order valence-corrected chi connectivity index (χ1v) is 21.8. The summed E-state index contributed by atoms with van der Waals surface area (Å²) in [6, 6.07) is 73.3. The molecule has 286 valence electrons. The van der Waals surface area contributed by atoms with Crippen LogP contribution in [0.1, 0.15) is 0 Å². The molecule has 0 atom stereocenters. The lowest BCUT2D eigenvalue weighted by Gasteiger charge is -2.28. The second kappa shape index (κ2) is 16.2. The average molecular weight is 805 g/mol. The molecule has 10 rings (SSSR count). The minimum absolute atomic E-state index is 0.549. The molecule has 0 aliphatic carbocycles. The molecule has 0 unspecified atom stereocenters. The molecule has 10 aromatic rings. The van der Waals surface area contributed by atoms with Crippen molar-refractivity contribution in [2.24, 2.45) is 0 Å². The van der Waals surface area contributed by atoms with Crippen LogP contribution in [0.3, 0.4) is 0 Å². The highest BCUT2D eigenvalue weighted by Crippen LogP contribution is 2.58. The maximum Gasteiger partial charge on any atom is 0.0640 e. The second-order valence-electron chi connectivity index (χ2n) is 14.7. The van der Waals surface area contributed by atoms with E-state index in [9.17, 15) is 0 Å². The van der Waals surface area contributed by atoms with E-state index in [1.54, 1.807) is 22.7 Å². The molecular formula is C56H40N2S2. The number of nitrogen functional groups attached to an aromatic ring is 2. The summed E-state index contributed by atoms with van der Waals surface area (Å²) in [6.07, 6.45) is 0. The number of hydrogen-bond donors (Lipinski definition) is 2. The lowest BCUT2D eigenvalue weighted by molar-refractivity contribution is 1.52. The molecule has 2 nitrogen and oxygen atoms in total. The molecule has 0 aliphatic heterocycles. The van der Waals surface area contributed by atoms with Crippen LogP contribution in [0.5, 0.6) is 0 Å². The molecule has 0 saturated heterocycles. The quantitative estimate of drug-likeness (QED) is 0.143. The van der Waals surface area contributed by atoms with Gasteiger partial charge in [0.25, 0.3) is 0 Å². The summed E-state index contributed by atoms with van der Waals surface area (Å²) in [5.41, 5.74) is 33.6. The zero-order chi connectivity index (χ0) is 40.4. The van der Waals surface area contributed by atoms with Gasteiger partial charge in [0.05, 0.1) is 11.4 Å². The van der Waals surface area contributed by atoms with Gasteiger partial charge in [0.1, 0.15) is 0 Å². The molecular weight excluding hydrogens is 765 g/mol. The highest BCUT2D eigenvalue weighted by molar-refractivity contribution is 7.14. The molecule has 0 fully saturated rings. The van der Waals surface area contributed by atoms with E-state index >= 15 is 0 Å². The lowest BCUT2D eigenvalue weighted by Crippen LogP contribution is -2.07. The SMILES string of the molecule is Nc1c(N)c(-c2cccc(-c3ccccc3)c2-c2cccs2)c(-c2cccc(-c3ccccc3)c2-c2cccs2)c(-c2ccccc2)c1-c1ccccc1-c1ccccc1. The highest BCUT2D eigenvalue weighted by atomic mass is 32.1. The first kappa shape index (κ1) is 37.1. The van der Waals surface area contributed by atoms with Crippen molar-refractivity contribution in [1.82, 2.24) is 0 Å². The van der Waals surface area contributed by atoms with Crippen LogP contribution >= 0.6 is 22.7 Å². The summed E-state index contributed by atoms with van der Waals surface area (Å²) in [4.78, 5) is 2.33. The van der Waals surface area contributed by atoms with Crippen molar-refractivity contribution in [2.45, 2.75) is 0 Å². The third kappa shape index (κ3) is 6.62. The number of nitrogens with two attached hydrogens (primary N) is 2. The fraction of sp³-hybridized carbons (Fsp3) is 0. The Labute approximate surface area is 359 Å². The van der Waals surface area contributed by atoms with Crippen LogP contribution in [0.25, 0.3) is 98.8 Å². The van der Waals surface area contributed by atoms with Gasteiger partial charge in [0.2, 0.25) is 0 Å². The molecule has 8 aromatic carbocycles. The van der Waals surface area contributed by atoms with Crippen LogP contribution in [-0.2, 0) is 0 Å². The molecule has 2 aromatic heterocycles. The fourth-order valence-electron chi connectivity index (χ4n) is 8.69. The summed E-state index contributed by atoms with van der Waals surface area (Å²) >= 11 is 3.49. The number of hydrogen-bond acceptors (Lipinski definition) is 4. The predicted molar refractivity (Wildman–Crippen MR) is 260 cm³/mol. The number of benzene rings is 8. The Kier molecular flexibility index (Phi) is 10.00. The van der Waals surface area contributed by atoms with E-state index in [0.29, 0.717) is 11.4 Å². The Morgan fingerprint density at radius 2 is 0.583 bits per heavy atom. The van der Waals surface area contributed by atoms with Gasteiger partial charge in [-0.25, -0.2) is 0 Å². The fourth-order valence-corrected chi connectivity index (χ4v) is 10.3. The van der Waals surface area contributed by atoms with Crippen LogP contribution in [0.4, 0.5) is 11.4 Å². The molecule has 0 radical (unpaired) electrons. The van der Waals surface area contributed by atoms with E-state index in [1.165, 1.54) is 4.88 Å². The molecule has 4 heteroatoms. The number of rotatable bonds is 9. The van der Waals surface area contributed by atoms with Crippen molar-refractivity contribution in [2.75, 3.05) is 11.5 Å². The van der Waals surface area contributed by atoms with Gasteiger partial charge in [-0.1, -0.05) is 194 Å². The number of thiophene rings is 2. The minimum Gasteiger partial charge on any atom is -0.397 e. The maximum atomic E-state index is 7.74. The Hall–Kier alpha value is -7.24. The second-order valence-corrected chi connectivity index (χ2v) is 16.6. The summed E-state index contributed by atoms with van der Waals surface area (Å²) in [5, 5.41) is 4.31. The van der Waals surface area contributed by atoms with Gasteiger partial charge in [-0.15, -0.1) is 22.7 Å². The first-order valence-electron chi connectivity index (χ1n) is 20.1. The van der Waals surface area contributed by atoms with Gasteiger partial charge in [-0.05, 0) is 78.5 Å². The van der Waals surface area contributed by atoms with E-state index in [0.717, 1.165) is 93.9 Å². The normalized spacial score (nSPS) is 11.1. The predicted octanol–water partition coefficient (Wildman–Crippen LogP) is 16.0. The minimum atomic E-state index is 0.549. The maximum absolute atomic E-state index is 7.74. The highest BCUT2D eigenvalue weighted by Gasteiger charge is 2.31. The average Bonchev–Trinajstić information content (AvgIpc) is 4.07. The summed E-state index contributed by atoms with van der Waals surface area (Å²) in [6.45, 7) is 0. The van der Waals surface area contributed by atoms with Crippen molar-refractivity contribution in [3.8, 4) is 98.8 Å². The Balaban J connectivity index is 1.44. The van der Waals surface area contributed by atoms with Gasteiger partial charge in [0.15, 0.2) is 0 Å². The van der Waals surface area contributed by atoms with Gasteiger partial charge < -0.3 is 11.5 Å². The van der Waals surface area contributed by atoms with Crippen LogP contribution < -0.4 is 11.5 Å². The Morgan fingerprint density at radius 1 is 0.233 bits per heavy atom. The smallest absolute Gasteiger partial charge is 0.0640 e. The van der Waals surface area contributed by atoms with Crippen LogP contribution in [0, 0.1) is 0 Å². The Morgan fingerprint density at radius 3 is 1.03 bits per heavy atom. The molecule has 2 heterocycles. The lowest BCUT2D eigenvalue weighted by atomic mass is 9.76. The van der Waals surface area contributed by atoms with Crippen LogP contribution in [-0.4, -0.2) is 0 Å². The first-order chi connectivity index (χ1) is 29.7. The topological polar surface area (TPSA) is 52.0 Å². The standard InChI is InChI=1S/C56H40N2S2/c57-55-53(44-28-14-13-27-41(44)37-19-5-1-6-20-37)49(40-25-11-4-12-26-40)52(45-31-15-29-42(38-21-7-2-8-22-38)50(45)47-33-17-35-59-47)54(56(55)58)46-32-16-30-43(39-23-9-3-10-24-39)51(46)48-34-18-36-60-48/h1-36H,57-58H2. The van der Waals surface area contributed by atoms with E-state index < -0.39 is 0 Å². The molecule has 0 spiro atoms. The van der Waals surface area contributed by atoms with Crippen molar-refractivity contribution < 1.29 is 0 Å². The molecule has 60 heavy (non-hydrogen) atoms. The van der Waals surface area contributed by atoms with Crippen LogP contribution in [0.2, 0.25) is 0 Å². The third-order valence-electron chi connectivity index (χ3n) is 11.3.